The molecule has 8 aromatic rings. The number of esters is 2. The molecule has 0 aliphatic carbocycles. The van der Waals surface area contributed by atoms with Gasteiger partial charge in [0.05, 0.1) is 30.9 Å². The van der Waals surface area contributed by atoms with Crippen molar-refractivity contribution in [3.05, 3.63) is 201 Å². The Labute approximate surface area is 453 Å². The van der Waals surface area contributed by atoms with Crippen LogP contribution in [-0.4, -0.2) is 76.2 Å². The Bertz CT molecular complexity index is 3210. The zero-order chi connectivity index (χ0) is 54.5. The number of fused-ring (bicyclic) bond motifs is 2. The van der Waals surface area contributed by atoms with Crippen LogP contribution in [0, 0.1) is 6.92 Å². The molecule has 23 heteroatoms. The lowest BCUT2D eigenvalue weighted by molar-refractivity contribution is -0.148. The highest BCUT2D eigenvalue weighted by molar-refractivity contribution is 7.21. The Balaban J connectivity index is 0.000000230. The maximum atomic E-state index is 12.8. The van der Waals surface area contributed by atoms with Gasteiger partial charge in [0.1, 0.15) is 43.4 Å². The highest BCUT2D eigenvalue weighted by atomic mass is 35.5. The lowest BCUT2D eigenvalue weighted by Crippen LogP contribution is -2.49. The van der Waals surface area contributed by atoms with E-state index in [2.05, 4.69) is 25.9 Å². The van der Waals surface area contributed by atoms with Gasteiger partial charge in [-0.05, 0) is 59.0 Å². The van der Waals surface area contributed by atoms with Crippen LogP contribution in [0.4, 0.5) is 22.8 Å². The third-order valence-corrected chi connectivity index (χ3v) is 12.9. The smallest absolute Gasteiger partial charge is 0.417 e. The number of ether oxygens (including phenoxy) is 4. The van der Waals surface area contributed by atoms with Gasteiger partial charge in [-0.2, -0.15) is 13.2 Å². The second-order valence-electron chi connectivity index (χ2n) is 16.1. The summed E-state index contributed by atoms with van der Waals surface area (Å²) < 4.78 is 59.3. The van der Waals surface area contributed by atoms with Gasteiger partial charge in [0, 0.05) is 25.5 Å². The predicted octanol–water partition coefficient (Wildman–Crippen LogP) is 9.79. The summed E-state index contributed by atoms with van der Waals surface area (Å²) in [4.78, 5) is 80.7. The Hall–Kier alpha value is -8.44. The molecule has 4 aromatic heterocycles. The number of hydrogen-bond donors (Lipinski definition) is 5. The average molecular weight is 1120 g/mol. The standard InChI is InChI=1S/C27H25N3O5S.C18H20N2O4.C9H4F3NO2S.ClH/c1-18-12-13-28-21-14-23(36-24(18)21)25(31)29-15-22(26(32)34-16-19-8-4-2-5-9-19)30-27(33)35-17-20-10-6-3-7-11-20;19-11-16(17(21)23-12-14-7-3-1-4-8-14)20-18(22)24-13-15-9-5-2-6-10-15;10-9(11,12)4-1-2-13-5-3-6(8(14)15)16-7(4)5;/h2-14,22H,15-17H2,1H3,(H,29,31)(H,30,33);1-10,16H,11-13,19H2,(H,20,22);1-3H,(H,14,15);1H/t22-;16-;;/m11../s1. The van der Waals surface area contributed by atoms with E-state index >= 15 is 0 Å². The van der Waals surface area contributed by atoms with Crippen LogP contribution < -0.4 is 21.7 Å². The molecule has 0 unspecified atom stereocenters. The number of carbonyl (C=O) groups excluding carboxylic acids is 5. The van der Waals surface area contributed by atoms with Crippen LogP contribution in [0.1, 0.15) is 52.7 Å². The molecule has 0 bridgehead atoms. The molecule has 0 spiro atoms. The minimum absolute atomic E-state index is 0. The summed E-state index contributed by atoms with van der Waals surface area (Å²) in [6.45, 7) is 2.01. The second kappa shape index (κ2) is 29.6. The third kappa shape index (κ3) is 18.7. The van der Waals surface area contributed by atoms with Gasteiger partial charge in [-0.15, -0.1) is 35.1 Å². The Morgan fingerprint density at radius 1 is 0.584 bits per heavy atom. The summed E-state index contributed by atoms with van der Waals surface area (Å²) in [7, 11) is 0. The molecule has 0 radical (unpaired) electrons. The molecule has 0 aliphatic rings. The number of aryl methyl sites for hydroxylation is 1. The van der Waals surface area contributed by atoms with Crippen molar-refractivity contribution in [3.63, 3.8) is 0 Å². The van der Waals surface area contributed by atoms with Crippen LogP contribution in [0.2, 0.25) is 0 Å². The normalized spacial score (nSPS) is 11.4. The fraction of sp³-hybridized carbons (Fsp3) is 0.185. The number of halogens is 4. The van der Waals surface area contributed by atoms with Crippen molar-refractivity contribution in [3.8, 4) is 0 Å². The lowest BCUT2D eigenvalue weighted by atomic mass is 10.2. The molecule has 0 fully saturated rings. The molecule has 4 heterocycles. The summed E-state index contributed by atoms with van der Waals surface area (Å²) in [5.41, 5.74) is 9.79. The van der Waals surface area contributed by atoms with Crippen LogP contribution in [0.25, 0.3) is 20.4 Å². The number of carboxylic acid groups (broad SMARTS) is 1. The first kappa shape index (κ1) is 59.4. The number of nitrogens with zero attached hydrogens (tertiary/aromatic N) is 2. The number of thiophene rings is 2. The molecular weight excluding hydrogens is 1070 g/mol. The van der Waals surface area contributed by atoms with Crippen molar-refractivity contribution in [2.75, 3.05) is 13.1 Å². The number of alkyl halides is 3. The number of carboxylic acids is 1. The number of nitrogens with one attached hydrogen (secondary N) is 3. The first-order valence-electron chi connectivity index (χ1n) is 23.0. The largest absolute Gasteiger partial charge is 0.477 e. The molecule has 402 valence electrons. The maximum Gasteiger partial charge on any atom is 0.417 e. The molecular formula is C54H50ClF3N6O11S2. The van der Waals surface area contributed by atoms with Gasteiger partial charge in [-0.25, -0.2) is 24.0 Å². The topological polar surface area (TPSA) is 247 Å². The van der Waals surface area contributed by atoms with Crippen molar-refractivity contribution < 1.29 is 66.0 Å². The van der Waals surface area contributed by atoms with Gasteiger partial charge in [0.15, 0.2) is 0 Å². The average Bonchev–Trinajstić information content (AvgIpc) is 4.10. The van der Waals surface area contributed by atoms with Gasteiger partial charge in [-0.1, -0.05) is 121 Å². The molecule has 2 atom stereocenters. The number of hydrogen-bond acceptors (Lipinski definition) is 15. The predicted molar refractivity (Wildman–Crippen MR) is 284 cm³/mol. The zero-order valence-electron chi connectivity index (χ0n) is 40.8. The highest BCUT2D eigenvalue weighted by Gasteiger charge is 2.34. The highest BCUT2D eigenvalue weighted by Crippen LogP contribution is 2.37. The van der Waals surface area contributed by atoms with Gasteiger partial charge in [0.2, 0.25) is 0 Å². The molecule has 6 N–H and O–H groups in total. The number of aromatic nitrogens is 2. The molecule has 4 aromatic carbocycles. The van der Waals surface area contributed by atoms with Crippen LogP contribution in [-0.2, 0) is 61.1 Å². The summed E-state index contributed by atoms with van der Waals surface area (Å²) in [5.74, 6) is -2.92. The van der Waals surface area contributed by atoms with E-state index < -0.39 is 53.9 Å². The van der Waals surface area contributed by atoms with E-state index in [4.69, 9.17) is 29.8 Å². The minimum atomic E-state index is -4.50. The number of carbonyl (C=O) groups is 6. The van der Waals surface area contributed by atoms with E-state index in [0.29, 0.717) is 16.2 Å². The van der Waals surface area contributed by atoms with Crippen LogP contribution in [0.3, 0.4) is 0 Å². The number of nitrogens with two attached hydrogens (primary N) is 1. The van der Waals surface area contributed by atoms with Crippen molar-refractivity contribution in [1.29, 1.82) is 0 Å². The quantitative estimate of drug-likeness (QED) is 0.0421. The summed E-state index contributed by atoms with van der Waals surface area (Å²) in [6, 6.07) is 40.3. The van der Waals surface area contributed by atoms with Crippen molar-refractivity contribution in [1.82, 2.24) is 25.9 Å². The summed E-state index contributed by atoms with van der Waals surface area (Å²) in [5, 5.41) is 16.3. The third-order valence-electron chi connectivity index (χ3n) is 10.5. The molecule has 0 aliphatic heterocycles. The number of rotatable bonds is 17. The molecule has 3 amide bonds. The van der Waals surface area contributed by atoms with Gasteiger partial charge < -0.3 is 45.7 Å². The molecule has 0 saturated carbocycles. The lowest BCUT2D eigenvalue weighted by Gasteiger charge is -2.18. The number of aromatic carboxylic acids is 1. The van der Waals surface area contributed by atoms with E-state index in [1.165, 1.54) is 11.3 Å². The van der Waals surface area contributed by atoms with Crippen molar-refractivity contribution in [2.24, 2.45) is 5.73 Å². The SMILES string of the molecule is Cc1ccnc2cc(C(=O)NC[C@@H](NC(=O)OCc3ccccc3)C(=O)OCc3ccccc3)sc12.Cl.NC[C@@H](NC(=O)OCc1ccccc1)C(=O)OCc1ccccc1.O=C(O)c1cc2nccc(C(F)(F)F)c2s1. The van der Waals surface area contributed by atoms with Crippen molar-refractivity contribution in [2.45, 2.75) is 51.6 Å². The maximum absolute atomic E-state index is 12.8. The molecule has 17 nitrogen and oxygen atoms in total. The zero-order valence-corrected chi connectivity index (χ0v) is 43.2. The first-order valence-corrected chi connectivity index (χ1v) is 24.6. The molecule has 77 heavy (non-hydrogen) atoms. The number of amides is 3. The summed E-state index contributed by atoms with van der Waals surface area (Å²) >= 11 is 1.89. The number of benzene rings is 4. The first-order chi connectivity index (χ1) is 36.6. The van der Waals surface area contributed by atoms with Crippen LogP contribution >= 0.6 is 35.1 Å². The van der Waals surface area contributed by atoms with E-state index in [-0.39, 0.29) is 72.9 Å². The van der Waals surface area contributed by atoms with E-state index in [1.54, 1.807) is 12.3 Å². The Morgan fingerprint density at radius 3 is 1.43 bits per heavy atom. The molecule has 8 rings (SSSR count). The van der Waals surface area contributed by atoms with E-state index in [0.717, 1.165) is 56.4 Å². The van der Waals surface area contributed by atoms with Gasteiger partial charge in [-0.3, -0.25) is 14.8 Å². The minimum Gasteiger partial charge on any atom is -0.477 e. The Kier molecular flexibility index (Phi) is 22.8. The number of pyridine rings is 2. The molecule has 0 saturated heterocycles. The Morgan fingerprint density at radius 2 is 0.987 bits per heavy atom. The van der Waals surface area contributed by atoms with Crippen molar-refractivity contribution >= 4 is 91.5 Å². The second-order valence-corrected chi connectivity index (χ2v) is 18.2. The fourth-order valence-electron chi connectivity index (χ4n) is 6.61. The van der Waals surface area contributed by atoms with E-state index in [9.17, 15) is 41.9 Å². The number of alkyl carbamates (subject to hydrolysis) is 2. The van der Waals surface area contributed by atoms with Gasteiger partial charge >= 0.3 is 36.3 Å². The monoisotopic (exact) mass is 1110 g/mol. The fourth-order valence-corrected chi connectivity index (χ4v) is 8.59. The van der Waals surface area contributed by atoms with Crippen LogP contribution in [0.15, 0.2) is 158 Å². The van der Waals surface area contributed by atoms with Crippen LogP contribution in [0.5, 0.6) is 0 Å². The summed E-state index contributed by atoms with van der Waals surface area (Å²) in [6.07, 6.45) is -3.30. The van der Waals surface area contributed by atoms with Gasteiger partial charge in [0.25, 0.3) is 5.91 Å². The van der Waals surface area contributed by atoms with E-state index in [1.807, 2.05) is 134 Å².